The zero-order chi connectivity index (χ0) is 23.4. The summed E-state index contributed by atoms with van der Waals surface area (Å²) in [6, 6.07) is 15.2. The van der Waals surface area contributed by atoms with Gasteiger partial charge in [-0.3, -0.25) is 4.79 Å². The molecule has 0 unspecified atom stereocenters. The van der Waals surface area contributed by atoms with Crippen molar-refractivity contribution in [2.45, 2.75) is 31.6 Å². The molecule has 0 aliphatic heterocycles. The number of carbonyl (C=O) groups excluding carboxylic acids is 2. The van der Waals surface area contributed by atoms with Crippen LogP contribution in [0.25, 0.3) is 0 Å². The first-order valence-corrected chi connectivity index (χ1v) is 11.6. The van der Waals surface area contributed by atoms with Crippen LogP contribution in [0.15, 0.2) is 48.5 Å². The lowest BCUT2D eigenvalue weighted by Crippen LogP contribution is -2.27. The number of methoxy groups -OCH3 is 2. The number of aromatic nitrogens is 1. The van der Waals surface area contributed by atoms with E-state index in [0.29, 0.717) is 16.4 Å². The number of carbonyl (C=O) groups is 2. The minimum Gasteiger partial charge on any atom is -0.497 e. The van der Waals surface area contributed by atoms with E-state index in [1.807, 2.05) is 48.5 Å². The smallest absolute Gasteiger partial charge is 0.358 e. The van der Waals surface area contributed by atoms with E-state index in [-0.39, 0.29) is 18.2 Å². The first kappa shape index (κ1) is 22.8. The van der Waals surface area contributed by atoms with Crippen LogP contribution in [0.3, 0.4) is 0 Å². The van der Waals surface area contributed by atoms with Gasteiger partial charge in [-0.25, -0.2) is 9.78 Å². The Kier molecular flexibility index (Phi) is 6.65. The van der Waals surface area contributed by atoms with Crippen LogP contribution < -0.4 is 14.8 Å². The van der Waals surface area contributed by atoms with Crippen LogP contribution in [0.2, 0.25) is 0 Å². The van der Waals surface area contributed by atoms with Crippen molar-refractivity contribution < 1.29 is 23.8 Å². The Morgan fingerprint density at radius 3 is 2.42 bits per heavy atom. The molecule has 3 aromatic rings. The van der Waals surface area contributed by atoms with Crippen molar-refractivity contribution in [3.63, 3.8) is 0 Å². The SMILES string of the molecule is CCOC(=O)c1nc(NC(=O)C2(c3ccc(OC)cc3)CC2)sc1Cc1ccccc1OC. The van der Waals surface area contributed by atoms with E-state index >= 15 is 0 Å². The highest BCUT2D eigenvalue weighted by Crippen LogP contribution is 2.49. The monoisotopic (exact) mass is 466 g/mol. The molecule has 1 saturated carbocycles. The maximum Gasteiger partial charge on any atom is 0.358 e. The standard InChI is InChI=1S/C25H26N2O5S/c1-4-32-22(28)21-20(15-16-7-5-6-8-19(16)31-3)33-24(26-21)27-23(29)25(13-14-25)17-9-11-18(30-2)12-10-17/h5-12H,4,13-15H2,1-3H3,(H,26,27,29). The quantitative estimate of drug-likeness (QED) is 0.464. The molecule has 1 aromatic heterocycles. The number of nitrogens with one attached hydrogen (secondary N) is 1. The average molecular weight is 467 g/mol. The summed E-state index contributed by atoms with van der Waals surface area (Å²) in [6.45, 7) is 1.99. The minimum absolute atomic E-state index is 0.124. The molecule has 33 heavy (non-hydrogen) atoms. The fraction of sp³-hybridized carbons (Fsp3) is 0.320. The lowest BCUT2D eigenvalue weighted by Gasteiger charge is -2.15. The molecule has 1 amide bonds. The molecule has 0 radical (unpaired) electrons. The predicted molar refractivity (Wildman–Crippen MR) is 126 cm³/mol. The molecule has 1 aliphatic carbocycles. The molecule has 1 N–H and O–H groups in total. The second-order valence-corrected chi connectivity index (χ2v) is 8.85. The first-order valence-electron chi connectivity index (χ1n) is 10.8. The van der Waals surface area contributed by atoms with Crippen LogP contribution in [0.5, 0.6) is 11.5 Å². The van der Waals surface area contributed by atoms with E-state index in [1.165, 1.54) is 11.3 Å². The number of hydrogen-bond acceptors (Lipinski definition) is 7. The summed E-state index contributed by atoms with van der Waals surface area (Å²) < 4.78 is 15.9. The van der Waals surface area contributed by atoms with Gasteiger partial charge in [0, 0.05) is 11.3 Å². The van der Waals surface area contributed by atoms with Gasteiger partial charge in [0.1, 0.15) is 11.5 Å². The van der Waals surface area contributed by atoms with E-state index in [2.05, 4.69) is 10.3 Å². The second kappa shape index (κ2) is 9.62. The van der Waals surface area contributed by atoms with Gasteiger partial charge in [-0.2, -0.15) is 0 Å². The maximum absolute atomic E-state index is 13.2. The number of hydrogen-bond donors (Lipinski definition) is 1. The number of amides is 1. The van der Waals surface area contributed by atoms with E-state index in [0.717, 1.165) is 35.5 Å². The molecular formula is C25H26N2O5S. The number of rotatable bonds is 9. The third-order valence-corrected chi connectivity index (χ3v) is 6.73. The van der Waals surface area contributed by atoms with Crippen LogP contribution >= 0.6 is 11.3 Å². The number of anilines is 1. The fourth-order valence-electron chi connectivity index (χ4n) is 3.80. The van der Waals surface area contributed by atoms with Crippen LogP contribution in [0, 0.1) is 0 Å². The molecule has 1 aliphatic rings. The van der Waals surface area contributed by atoms with Gasteiger partial charge in [-0.15, -0.1) is 11.3 Å². The van der Waals surface area contributed by atoms with Crippen molar-refractivity contribution in [1.29, 1.82) is 0 Å². The molecular weight excluding hydrogens is 440 g/mol. The van der Waals surface area contributed by atoms with Gasteiger partial charge in [0.05, 0.1) is 26.2 Å². The minimum atomic E-state index is -0.579. The molecule has 2 aromatic carbocycles. The van der Waals surface area contributed by atoms with Crippen molar-refractivity contribution >= 4 is 28.3 Å². The van der Waals surface area contributed by atoms with Crippen molar-refractivity contribution in [3.8, 4) is 11.5 Å². The third-order valence-electron chi connectivity index (χ3n) is 5.76. The number of benzene rings is 2. The van der Waals surface area contributed by atoms with Gasteiger partial charge in [-0.05, 0) is 49.1 Å². The Hall–Kier alpha value is -3.39. The summed E-state index contributed by atoms with van der Waals surface area (Å²) in [5.74, 6) is 0.841. The van der Waals surface area contributed by atoms with Gasteiger partial charge < -0.3 is 19.5 Å². The van der Waals surface area contributed by atoms with Gasteiger partial charge >= 0.3 is 5.97 Å². The van der Waals surface area contributed by atoms with Crippen LogP contribution in [-0.4, -0.2) is 37.7 Å². The third kappa shape index (κ3) is 4.71. The van der Waals surface area contributed by atoms with Crippen LogP contribution in [0.4, 0.5) is 5.13 Å². The summed E-state index contributed by atoms with van der Waals surface area (Å²) in [5.41, 5.74) is 1.50. The molecule has 1 fully saturated rings. The lowest BCUT2D eigenvalue weighted by molar-refractivity contribution is -0.118. The maximum atomic E-state index is 13.2. The van der Waals surface area contributed by atoms with Crippen LogP contribution in [-0.2, 0) is 21.4 Å². The van der Waals surface area contributed by atoms with Crippen molar-refractivity contribution in [3.05, 3.63) is 70.2 Å². The zero-order valence-corrected chi connectivity index (χ0v) is 19.7. The van der Waals surface area contributed by atoms with E-state index in [4.69, 9.17) is 14.2 Å². The molecule has 0 saturated heterocycles. The highest BCUT2D eigenvalue weighted by molar-refractivity contribution is 7.16. The normalized spacial score (nSPS) is 13.8. The van der Waals surface area contributed by atoms with Gasteiger partial charge in [-0.1, -0.05) is 30.3 Å². The van der Waals surface area contributed by atoms with E-state index in [9.17, 15) is 9.59 Å². The summed E-state index contributed by atoms with van der Waals surface area (Å²) >= 11 is 1.28. The van der Waals surface area contributed by atoms with Crippen LogP contribution in [0.1, 0.15) is 46.3 Å². The Labute approximate surface area is 196 Å². The molecule has 0 atom stereocenters. The molecule has 8 heteroatoms. The molecule has 1 heterocycles. The molecule has 172 valence electrons. The Morgan fingerprint density at radius 2 is 1.79 bits per heavy atom. The van der Waals surface area contributed by atoms with Crippen molar-refractivity contribution in [2.75, 3.05) is 26.1 Å². The predicted octanol–water partition coefficient (Wildman–Crippen LogP) is 4.60. The van der Waals surface area contributed by atoms with Gasteiger partial charge in [0.2, 0.25) is 5.91 Å². The zero-order valence-electron chi connectivity index (χ0n) is 18.8. The number of thiazole rings is 1. The highest BCUT2D eigenvalue weighted by Gasteiger charge is 2.51. The Bertz CT molecular complexity index is 1150. The molecule has 0 spiro atoms. The number of nitrogens with zero attached hydrogens (tertiary/aromatic N) is 1. The molecule has 0 bridgehead atoms. The summed E-state index contributed by atoms with van der Waals surface area (Å²) in [6.07, 6.45) is 1.96. The summed E-state index contributed by atoms with van der Waals surface area (Å²) in [7, 11) is 3.22. The van der Waals surface area contributed by atoms with Gasteiger partial charge in [0.25, 0.3) is 0 Å². The van der Waals surface area contributed by atoms with E-state index in [1.54, 1.807) is 21.1 Å². The molecule has 7 nitrogen and oxygen atoms in total. The van der Waals surface area contributed by atoms with Crippen molar-refractivity contribution in [2.24, 2.45) is 0 Å². The molecule has 4 rings (SSSR count). The summed E-state index contributed by atoms with van der Waals surface area (Å²) in [5, 5.41) is 3.32. The average Bonchev–Trinajstić information content (AvgIpc) is 3.56. The summed E-state index contributed by atoms with van der Waals surface area (Å²) in [4.78, 5) is 30.9. The van der Waals surface area contributed by atoms with Gasteiger partial charge in [0.15, 0.2) is 10.8 Å². The van der Waals surface area contributed by atoms with E-state index < -0.39 is 11.4 Å². The number of ether oxygens (including phenoxy) is 3. The first-order chi connectivity index (χ1) is 16.0. The largest absolute Gasteiger partial charge is 0.497 e. The van der Waals surface area contributed by atoms with Crippen molar-refractivity contribution in [1.82, 2.24) is 4.98 Å². The highest BCUT2D eigenvalue weighted by atomic mass is 32.1. The second-order valence-electron chi connectivity index (χ2n) is 7.76. The topological polar surface area (TPSA) is 86.8 Å². The lowest BCUT2D eigenvalue weighted by atomic mass is 9.95. The Morgan fingerprint density at radius 1 is 1.06 bits per heavy atom. The number of esters is 1. The number of para-hydroxylation sites is 1. The Balaban J connectivity index is 1.59. The fourth-order valence-corrected chi connectivity index (χ4v) is 4.77.